The number of nitrogens with two attached hydrogens (primary N) is 1. The van der Waals surface area contributed by atoms with Gasteiger partial charge >= 0.3 is 0 Å². The van der Waals surface area contributed by atoms with Gasteiger partial charge in [0.2, 0.25) is 0 Å². The van der Waals surface area contributed by atoms with Crippen LogP contribution in [0.5, 0.6) is 0 Å². The maximum Gasteiger partial charge on any atom is 0.137 e. The van der Waals surface area contributed by atoms with Crippen molar-refractivity contribution in [1.29, 1.82) is 0 Å². The number of imidazole rings is 1. The van der Waals surface area contributed by atoms with Gasteiger partial charge < -0.3 is 10.1 Å². The monoisotopic (exact) mass is 265 g/mol. The number of aryl methyl sites for hydroxylation is 1. The molecule has 0 saturated heterocycles. The minimum atomic E-state index is 0.0655. The lowest BCUT2D eigenvalue weighted by Gasteiger charge is -2.07. The molecule has 0 fully saturated rings. The first-order chi connectivity index (χ1) is 9.70. The first-order valence-corrected chi connectivity index (χ1v) is 7.02. The van der Waals surface area contributed by atoms with Gasteiger partial charge in [-0.25, -0.2) is 4.98 Å². The van der Waals surface area contributed by atoms with Gasteiger partial charge in [-0.15, -0.1) is 0 Å². The lowest BCUT2D eigenvalue weighted by Crippen LogP contribution is -2.04. The van der Waals surface area contributed by atoms with Crippen LogP contribution in [-0.4, -0.2) is 9.38 Å². The maximum atomic E-state index is 5.90. The van der Waals surface area contributed by atoms with E-state index in [-0.39, 0.29) is 6.04 Å². The third-order valence-corrected chi connectivity index (χ3v) is 3.67. The van der Waals surface area contributed by atoms with Crippen molar-refractivity contribution in [3.05, 3.63) is 59.9 Å². The molecule has 3 nitrogen and oxygen atoms in total. The Bertz CT molecular complexity index is 724. The minimum absolute atomic E-state index is 0.0655. The van der Waals surface area contributed by atoms with Crippen LogP contribution >= 0.6 is 0 Å². The summed E-state index contributed by atoms with van der Waals surface area (Å²) < 4.78 is 2.16. The van der Waals surface area contributed by atoms with Crippen molar-refractivity contribution in [2.45, 2.75) is 26.3 Å². The fourth-order valence-electron chi connectivity index (χ4n) is 2.56. The number of hydrogen-bond donors (Lipinski definition) is 1. The van der Waals surface area contributed by atoms with Crippen LogP contribution in [0.3, 0.4) is 0 Å². The zero-order valence-corrected chi connectivity index (χ0v) is 11.9. The van der Waals surface area contributed by atoms with E-state index >= 15 is 0 Å². The number of pyridine rings is 1. The molecule has 102 valence electrons. The molecule has 3 aromatic rings. The van der Waals surface area contributed by atoms with Crippen LogP contribution in [0.1, 0.15) is 31.1 Å². The molecule has 1 aromatic carbocycles. The van der Waals surface area contributed by atoms with E-state index in [2.05, 4.69) is 41.8 Å². The first kappa shape index (κ1) is 12.9. The Labute approximate surface area is 119 Å². The lowest BCUT2D eigenvalue weighted by molar-refractivity contribution is 0.818. The molecule has 0 aliphatic rings. The Morgan fingerprint density at radius 1 is 1.15 bits per heavy atom. The summed E-state index contributed by atoms with van der Waals surface area (Å²) in [5.74, 6) is 0. The first-order valence-electron chi connectivity index (χ1n) is 7.02. The topological polar surface area (TPSA) is 43.3 Å². The van der Waals surface area contributed by atoms with E-state index in [1.54, 1.807) is 0 Å². The zero-order valence-electron chi connectivity index (χ0n) is 11.9. The Balaban J connectivity index is 2.13. The van der Waals surface area contributed by atoms with Gasteiger partial charge in [0.1, 0.15) is 5.65 Å². The van der Waals surface area contributed by atoms with Crippen LogP contribution in [0.15, 0.2) is 48.7 Å². The van der Waals surface area contributed by atoms with Gasteiger partial charge in [0.15, 0.2) is 0 Å². The molecule has 1 atom stereocenters. The van der Waals surface area contributed by atoms with Crippen LogP contribution in [0.2, 0.25) is 0 Å². The van der Waals surface area contributed by atoms with Gasteiger partial charge in [0.05, 0.1) is 11.4 Å². The summed E-state index contributed by atoms with van der Waals surface area (Å²) in [4.78, 5) is 4.76. The van der Waals surface area contributed by atoms with Gasteiger partial charge in [-0.1, -0.05) is 37.3 Å². The van der Waals surface area contributed by atoms with Crippen LogP contribution in [0.25, 0.3) is 16.9 Å². The number of fused-ring (bicyclic) bond motifs is 1. The van der Waals surface area contributed by atoms with Crippen molar-refractivity contribution < 1.29 is 0 Å². The molecule has 0 bridgehead atoms. The number of benzene rings is 1. The van der Waals surface area contributed by atoms with Crippen LogP contribution < -0.4 is 5.73 Å². The minimum Gasteiger partial charge on any atom is -0.324 e. The highest BCUT2D eigenvalue weighted by Crippen LogP contribution is 2.26. The fourth-order valence-corrected chi connectivity index (χ4v) is 2.56. The van der Waals surface area contributed by atoms with Crippen LogP contribution in [0.4, 0.5) is 0 Å². The Kier molecular flexibility index (Phi) is 3.28. The summed E-state index contributed by atoms with van der Waals surface area (Å²) in [5, 5.41) is 0. The second-order valence-corrected chi connectivity index (χ2v) is 5.10. The standard InChI is InChI=1S/C17H19N3/c1-3-15-17(19-16-6-4-5-11-20(15)16)14-9-7-13(8-10-14)12(2)18/h4-12H,3,18H2,1-2H3. The van der Waals surface area contributed by atoms with Crippen molar-refractivity contribution >= 4 is 5.65 Å². The smallest absolute Gasteiger partial charge is 0.137 e. The normalized spacial score (nSPS) is 12.8. The maximum absolute atomic E-state index is 5.90. The van der Waals surface area contributed by atoms with Crippen LogP contribution in [-0.2, 0) is 6.42 Å². The van der Waals surface area contributed by atoms with E-state index in [0.717, 1.165) is 28.9 Å². The number of nitrogens with zero attached hydrogens (tertiary/aromatic N) is 2. The average Bonchev–Trinajstić information content (AvgIpc) is 2.85. The summed E-state index contributed by atoms with van der Waals surface area (Å²) in [5.41, 5.74) is 11.5. The quantitative estimate of drug-likeness (QED) is 0.786. The van der Waals surface area contributed by atoms with Gasteiger partial charge in [0.25, 0.3) is 0 Å². The molecule has 20 heavy (non-hydrogen) atoms. The summed E-state index contributed by atoms with van der Waals surface area (Å²) in [6, 6.07) is 14.6. The van der Waals surface area contributed by atoms with Crippen molar-refractivity contribution in [2.75, 3.05) is 0 Å². The molecule has 2 aromatic heterocycles. The molecule has 3 heteroatoms. The predicted octanol–water partition coefficient (Wildman–Crippen LogP) is 3.58. The summed E-state index contributed by atoms with van der Waals surface area (Å²) in [6.07, 6.45) is 3.02. The van der Waals surface area contributed by atoms with E-state index < -0.39 is 0 Å². The van der Waals surface area contributed by atoms with Crippen molar-refractivity contribution in [1.82, 2.24) is 9.38 Å². The number of hydrogen-bond acceptors (Lipinski definition) is 2. The molecular formula is C17H19N3. The molecule has 3 rings (SSSR count). The second-order valence-electron chi connectivity index (χ2n) is 5.10. The van der Waals surface area contributed by atoms with Crippen LogP contribution in [0, 0.1) is 0 Å². The molecule has 2 heterocycles. The SMILES string of the molecule is CCc1c(-c2ccc(C(C)N)cc2)nc2ccccn12. The summed E-state index contributed by atoms with van der Waals surface area (Å²) in [6.45, 7) is 4.16. The van der Waals surface area contributed by atoms with Gasteiger partial charge in [-0.05, 0) is 31.0 Å². The largest absolute Gasteiger partial charge is 0.324 e. The zero-order chi connectivity index (χ0) is 14.1. The molecule has 0 spiro atoms. The van der Waals surface area contributed by atoms with Gasteiger partial charge in [-0.2, -0.15) is 0 Å². The van der Waals surface area contributed by atoms with E-state index in [0.29, 0.717) is 0 Å². The predicted molar refractivity (Wildman–Crippen MR) is 82.6 cm³/mol. The van der Waals surface area contributed by atoms with E-state index in [1.165, 1.54) is 5.69 Å². The number of rotatable bonds is 3. The molecule has 0 amide bonds. The van der Waals surface area contributed by atoms with Gasteiger partial charge in [0, 0.05) is 17.8 Å². The molecule has 0 aliphatic carbocycles. The molecular weight excluding hydrogens is 246 g/mol. The Morgan fingerprint density at radius 3 is 2.55 bits per heavy atom. The average molecular weight is 265 g/mol. The molecule has 0 saturated carbocycles. The van der Waals surface area contributed by atoms with Gasteiger partial charge in [-0.3, -0.25) is 0 Å². The van der Waals surface area contributed by atoms with Crippen molar-refractivity contribution in [3.8, 4) is 11.3 Å². The lowest BCUT2D eigenvalue weighted by atomic mass is 10.0. The third-order valence-electron chi connectivity index (χ3n) is 3.67. The summed E-state index contributed by atoms with van der Waals surface area (Å²) >= 11 is 0. The highest BCUT2D eigenvalue weighted by molar-refractivity contribution is 5.67. The molecule has 2 N–H and O–H groups in total. The highest BCUT2D eigenvalue weighted by Gasteiger charge is 2.12. The third kappa shape index (κ3) is 2.10. The van der Waals surface area contributed by atoms with Crippen molar-refractivity contribution in [2.24, 2.45) is 5.73 Å². The van der Waals surface area contributed by atoms with Crippen molar-refractivity contribution in [3.63, 3.8) is 0 Å². The second kappa shape index (κ2) is 5.10. The van der Waals surface area contributed by atoms with E-state index in [9.17, 15) is 0 Å². The summed E-state index contributed by atoms with van der Waals surface area (Å²) in [7, 11) is 0. The van der Waals surface area contributed by atoms with E-state index in [1.807, 2.05) is 25.1 Å². The molecule has 0 aliphatic heterocycles. The Hall–Kier alpha value is -2.13. The molecule has 1 unspecified atom stereocenters. The fraction of sp³-hybridized carbons (Fsp3) is 0.235. The highest BCUT2D eigenvalue weighted by atomic mass is 15.0. The molecule has 0 radical (unpaired) electrons. The number of aromatic nitrogens is 2. The van der Waals surface area contributed by atoms with E-state index in [4.69, 9.17) is 10.7 Å². The Morgan fingerprint density at radius 2 is 1.90 bits per heavy atom.